The van der Waals surface area contributed by atoms with E-state index in [0.29, 0.717) is 28.0 Å². The van der Waals surface area contributed by atoms with Crippen molar-refractivity contribution < 1.29 is 22.7 Å². The molecule has 0 aromatic heterocycles. The maximum atomic E-state index is 12.3. The first-order valence-electron chi connectivity index (χ1n) is 7.84. The quantitative estimate of drug-likeness (QED) is 0.576. The first-order chi connectivity index (χ1) is 12.2. The molecule has 0 atom stereocenters. The standard InChI is InChI=1S/C18H16ClNO5S/c1-11-10-16(26(19,23)24)12(2)9-15(11)25-8-7-20-17(21)13-5-3-4-6-14(13)18(20)22/h3-6,9-10H,7-8H2,1-2H3. The number of fused-ring (bicyclic) bond motifs is 1. The third-order valence-electron chi connectivity index (χ3n) is 4.19. The number of ether oxygens (including phenoxy) is 1. The Labute approximate surface area is 155 Å². The van der Waals surface area contributed by atoms with Gasteiger partial charge in [0.25, 0.3) is 20.9 Å². The van der Waals surface area contributed by atoms with Crippen LogP contribution in [0.4, 0.5) is 0 Å². The van der Waals surface area contributed by atoms with Crippen LogP contribution >= 0.6 is 10.7 Å². The highest BCUT2D eigenvalue weighted by atomic mass is 35.7. The Hall–Kier alpha value is -2.38. The number of nitrogens with zero attached hydrogens (tertiary/aromatic N) is 1. The molecule has 1 heterocycles. The van der Waals surface area contributed by atoms with Crippen LogP contribution in [0.25, 0.3) is 0 Å². The second-order valence-corrected chi connectivity index (χ2v) is 8.51. The number of benzene rings is 2. The van der Waals surface area contributed by atoms with Gasteiger partial charge in [-0.05, 0) is 49.2 Å². The highest BCUT2D eigenvalue weighted by Crippen LogP contribution is 2.28. The molecular weight excluding hydrogens is 378 g/mol. The number of aryl methyl sites for hydroxylation is 2. The van der Waals surface area contributed by atoms with Crippen LogP contribution in [0.15, 0.2) is 41.3 Å². The zero-order valence-electron chi connectivity index (χ0n) is 14.2. The molecule has 0 saturated heterocycles. The van der Waals surface area contributed by atoms with Crippen molar-refractivity contribution in [2.45, 2.75) is 18.7 Å². The largest absolute Gasteiger partial charge is 0.491 e. The minimum absolute atomic E-state index is 0.0318. The Balaban J connectivity index is 1.71. The third-order valence-corrected chi connectivity index (χ3v) is 5.65. The van der Waals surface area contributed by atoms with Gasteiger partial charge in [0.2, 0.25) is 0 Å². The van der Waals surface area contributed by atoms with E-state index >= 15 is 0 Å². The number of carbonyl (C=O) groups is 2. The Bertz CT molecular complexity index is 981. The van der Waals surface area contributed by atoms with E-state index in [0.717, 1.165) is 4.90 Å². The lowest BCUT2D eigenvalue weighted by Crippen LogP contribution is -2.33. The van der Waals surface area contributed by atoms with Crippen LogP contribution in [0, 0.1) is 13.8 Å². The summed E-state index contributed by atoms with van der Waals surface area (Å²) in [7, 11) is 1.57. The molecule has 8 heteroatoms. The molecule has 0 aliphatic carbocycles. The van der Waals surface area contributed by atoms with Crippen molar-refractivity contribution in [1.82, 2.24) is 4.90 Å². The number of imide groups is 1. The van der Waals surface area contributed by atoms with E-state index in [-0.39, 0.29) is 29.9 Å². The number of hydrogen-bond donors (Lipinski definition) is 0. The van der Waals surface area contributed by atoms with Gasteiger partial charge in [0.15, 0.2) is 0 Å². The number of halogens is 1. The SMILES string of the molecule is Cc1cc(S(=O)(=O)Cl)c(C)cc1OCCN1C(=O)c2ccccc2C1=O. The maximum Gasteiger partial charge on any atom is 0.261 e. The van der Waals surface area contributed by atoms with Gasteiger partial charge >= 0.3 is 0 Å². The molecule has 0 unspecified atom stereocenters. The molecule has 0 spiro atoms. The summed E-state index contributed by atoms with van der Waals surface area (Å²) in [6.45, 7) is 3.51. The van der Waals surface area contributed by atoms with Crippen molar-refractivity contribution in [2.75, 3.05) is 13.2 Å². The maximum absolute atomic E-state index is 12.3. The Kier molecular flexibility index (Phi) is 4.77. The minimum atomic E-state index is -3.83. The van der Waals surface area contributed by atoms with Gasteiger partial charge in [-0.3, -0.25) is 14.5 Å². The minimum Gasteiger partial charge on any atom is -0.491 e. The van der Waals surface area contributed by atoms with Crippen molar-refractivity contribution in [1.29, 1.82) is 0 Å². The van der Waals surface area contributed by atoms with E-state index in [9.17, 15) is 18.0 Å². The summed E-state index contributed by atoms with van der Waals surface area (Å²) in [5.74, 6) is -0.209. The third kappa shape index (κ3) is 3.32. The van der Waals surface area contributed by atoms with Gasteiger partial charge in [-0.1, -0.05) is 12.1 Å². The van der Waals surface area contributed by atoms with Gasteiger partial charge in [-0.2, -0.15) is 0 Å². The molecule has 6 nitrogen and oxygen atoms in total. The van der Waals surface area contributed by atoms with E-state index in [2.05, 4.69) is 0 Å². The topological polar surface area (TPSA) is 80.8 Å². The summed E-state index contributed by atoms with van der Waals surface area (Å²) in [5.41, 5.74) is 1.83. The molecule has 1 aliphatic heterocycles. The van der Waals surface area contributed by atoms with Crippen LogP contribution in [0.5, 0.6) is 5.75 Å². The number of rotatable bonds is 5. The van der Waals surface area contributed by atoms with Crippen molar-refractivity contribution in [2.24, 2.45) is 0 Å². The van der Waals surface area contributed by atoms with Crippen molar-refractivity contribution in [3.63, 3.8) is 0 Å². The van der Waals surface area contributed by atoms with Gasteiger partial charge in [0.05, 0.1) is 22.6 Å². The van der Waals surface area contributed by atoms with Crippen LogP contribution in [-0.2, 0) is 9.05 Å². The van der Waals surface area contributed by atoms with Gasteiger partial charge in [0, 0.05) is 10.7 Å². The molecule has 3 rings (SSSR count). The van der Waals surface area contributed by atoms with E-state index in [1.807, 2.05) is 0 Å². The monoisotopic (exact) mass is 393 g/mol. The summed E-state index contributed by atoms with van der Waals surface area (Å²) >= 11 is 0. The fourth-order valence-electron chi connectivity index (χ4n) is 2.87. The van der Waals surface area contributed by atoms with E-state index in [1.165, 1.54) is 6.07 Å². The summed E-state index contributed by atoms with van der Waals surface area (Å²) in [6.07, 6.45) is 0. The predicted octanol–water partition coefficient (Wildman–Crippen LogP) is 2.91. The predicted molar refractivity (Wildman–Crippen MR) is 96.3 cm³/mol. The zero-order chi connectivity index (χ0) is 19.1. The van der Waals surface area contributed by atoms with Gasteiger partial charge in [-0.25, -0.2) is 8.42 Å². The molecular formula is C18H16ClNO5S. The first kappa shape index (κ1) is 18.4. The molecule has 1 aliphatic rings. The van der Waals surface area contributed by atoms with Crippen LogP contribution < -0.4 is 4.74 Å². The molecule has 26 heavy (non-hydrogen) atoms. The molecule has 136 valence electrons. The molecule has 2 aromatic rings. The highest BCUT2D eigenvalue weighted by Gasteiger charge is 2.34. The van der Waals surface area contributed by atoms with Gasteiger partial charge < -0.3 is 4.74 Å². The molecule has 0 radical (unpaired) electrons. The van der Waals surface area contributed by atoms with E-state index in [1.54, 1.807) is 44.2 Å². The first-order valence-corrected chi connectivity index (χ1v) is 10.1. The normalized spacial score (nSPS) is 13.9. The van der Waals surface area contributed by atoms with Gasteiger partial charge in [0.1, 0.15) is 12.4 Å². The van der Waals surface area contributed by atoms with Crippen molar-refractivity contribution in [3.8, 4) is 5.75 Å². The number of carbonyl (C=O) groups excluding carboxylic acids is 2. The molecule has 2 aromatic carbocycles. The highest BCUT2D eigenvalue weighted by molar-refractivity contribution is 8.13. The van der Waals surface area contributed by atoms with E-state index in [4.69, 9.17) is 15.4 Å². The summed E-state index contributed by atoms with van der Waals surface area (Å²) in [5, 5.41) is 0. The number of amides is 2. The Morgan fingerprint density at radius 1 is 1.00 bits per heavy atom. The second-order valence-electron chi connectivity index (χ2n) is 5.98. The number of hydrogen-bond acceptors (Lipinski definition) is 5. The molecule has 0 N–H and O–H groups in total. The lowest BCUT2D eigenvalue weighted by Gasteiger charge is -2.16. The Morgan fingerprint density at radius 3 is 2.12 bits per heavy atom. The molecule has 0 saturated carbocycles. The van der Waals surface area contributed by atoms with Crippen LogP contribution in [-0.4, -0.2) is 38.3 Å². The summed E-state index contributed by atoms with van der Waals surface area (Å²) in [4.78, 5) is 25.8. The average molecular weight is 394 g/mol. The average Bonchev–Trinajstić information content (AvgIpc) is 2.82. The Morgan fingerprint density at radius 2 is 1.58 bits per heavy atom. The second kappa shape index (κ2) is 6.74. The van der Waals surface area contributed by atoms with Crippen LogP contribution in [0.2, 0.25) is 0 Å². The summed E-state index contributed by atoms with van der Waals surface area (Å²) < 4.78 is 28.7. The summed E-state index contributed by atoms with van der Waals surface area (Å²) in [6, 6.07) is 9.68. The van der Waals surface area contributed by atoms with Gasteiger partial charge in [-0.15, -0.1) is 0 Å². The van der Waals surface area contributed by atoms with Crippen molar-refractivity contribution >= 4 is 31.5 Å². The van der Waals surface area contributed by atoms with Crippen LogP contribution in [0.3, 0.4) is 0 Å². The molecule has 0 fully saturated rings. The fourth-order valence-corrected chi connectivity index (χ4v) is 4.13. The fraction of sp³-hybridized carbons (Fsp3) is 0.222. The lowest BCUT2D eigenvalue weighted by molar-refractivity contribution is 0.0631. The van der Waals surface area contributed by atoms with E-state index < -0.39 is 9.05 Å². The van der Waals surface area contributed by atoms with Crippen LogP contribution in [0.1, 0.15) is 31.8 Å². The zero-order valence-corrected chi connectivity index (χ0v) is 15.7. The molecule has 2 amide bonds. The smallest absolute Gasteiger partial charge is 0.261 e. The van der Waals surface area contributed by atoms with Crippen molar-refractivity contribution in [3.05, 3.63) is 58.7 Å². The lowest BCUT2D eigenvalue weighted by atomic mass is 10.1. The molecule has 0 bridgehead atoms.